The second kappa shape index (κ2) is 18.0. The van der Waals surface area contributed by atoms with Crippen molar-refractivity contribution >= 4 is 87.2 Å². The molecule has 0 radical (unpaired) electrons. The molecule has 7 aromatic carbocycles. The summed E-state index contributed by atoms with van der Waals surface area (Å²) >= 11 is 0. The highest BCUT2D eigenvalue weighted by Gasteiger charge is 2.33. The number of para-hydroxylation sites is 4. The van der Waals surface area contributed by atoms with Crippen molar-refractivity contribution < 1.29 is 0 Å². The molecular formula is C70H42N12. The van der Waals surface area contributed by atoms with Gasteiger partial charge in [-0.1, -0.05) is 158 Å². The van der Waals surface area contributed by atoms with Crippen molar-refractivity contribution in [1.82, 2.24) is 58.1 Å². The second-order valence-electron chi connectivity index (χ2n) is 20.4. The lowest BCUT2D eigenvalue weighted by Gasteiger charge is -2.26. The molecule has 0 amide bonds. The van der Waals surface area contributed by atoms with E-state index in [-0.39, 0.29) is 0 Å². The Balaban J connectivity index is 1.09. The van der Waals surface area contributed by atoms with Crippen molar-refractivity contribution in [3.63, 3.8) is 0 Å². The summed E-state index contributed by atoms with van der Waals surface area (Å²) in [4.78, 5) is 41.1. The van der Waals surface area contributed by atoms with Crippen LogP contribution in [-0.4, -0.2) is 58.1 Å². The van der Waals surface area contributed by atoms with Crippen LogP contribution in [0.15, 0.2) is 256 Å². The molecule has 0 aliphatic rings. The fourth-order valence-electron chi connectivity index (χ4n) is 12.5. The first-order valence-electron chi connectivity index (χ1n) is 27.1. The second-order valence-corrected chi connectivity index (χ2v) is 20.4. The van der Waals surface area contributed by atoms with E-state index in [2.05, 4.69) is 164 Å². The van der Waals surface area contributed by atoms with Gasteiger partial charge in [-0.3, -0.25) is 29.1 Å². The summed E-state index contributed by atoms with van der Waals surface area (Å²) in [6.45, 7) is 0. The summed E-state index contributed by atoms with van der Waals surface area (Å²) in [5.74, 6) is 3.07. The van der Waals surface area contributed by atoms with Gasteiger partial charge < -0.3 is 9.13 Å². The third-order valence-corrected chi connectivity index (χ3v) is 16.0. The monoisotopic (exact) mass is 1050 g/mol. The molecule has 0 N–H and O–H groups in total. The number of nitrogens with zero attached hydrogens (tertiary/aromatic N) is 12. The molecule has 12 heteroatoms. The van der Waals surface area contributed by atoms with Crippen LogP contribution >= 0.6 is 0 Å². The fraction of sp³-hybridized carbons (Fsp3) is 0. The Morgan fingerprint density at radius 3 is 0.866 bits per heavy atom. The van der Waals surface area contributed by atoms with Crippen molar-refractivity contribution in [2.75, 3.05) is 0 Å². The summed E-state index contributed by atoms with van der Waals surface area (Å²) in [5.41, 5.74) is 13.6. The largest absolute Gasteiger partial charge is 0.304 e. The predicted molar refractivity (Wildman–Crippen MR) is 328 cm³/mol. The average molecular weight is 1050 g/mol. The van der Waals surface area contributed by atoms with E-state index >= 15 is 0 Å². The van der Waals surface area contributed by atoms with Crippen LogP contribution in [0.2, 0.25) is 0 Å². The standard InChI is InChI=1S/C70H42N12/c1-3-15-44(16-4-1)66-75-67(45-17-5-2-6-18-45)77-68(76-66)46-29-27-43(28-30-46)63-64(79-55-23-11-7-19-47(55)51-31-35-71-39-59(51)79)69(81-57-25-13-9-21-49(57)53-33-37-73-41-61(53)81)78-70(82-58-26-14-10-22-50(58)54-34-38-74-42-62(54)82)65(63)80-56-24-12-8-20-48(56)52-32-36-72-40-60(52)80/h1-42H. The first-order valence-corrected chi connectivity index (χ1v) is 27.1. The van der Waals surface area contributed by atoms with Crippen molar-refractivity contribution in [3.05, 3.63) is 256 Å². The molecule has 0 fully saturated rings. The average Bonchev–Trinajstić information content (AvgIpc) is 4.36. The first kappa shape index (κ1) is 45.5. The molecular weight excluding hydrogens is 1010 g/mol. The maximum absolute atomic E-state index is 6.29. The molecule has 12 nitrogen and oxygen atoms in total. The first-order chi connectivity index (χ1) is 40.7. The molecule has 82 heavy (non-hydrogen) atoms. The van der Waals surface area contributed by atoms with Crippen LogP contribution in [-0.2, 0) is 0 Å². The van der Waals surface area contributed by atoms with Gasteiger partial charge in [0.1, 0.15) is 11.4 Å². The van der Waals surface area contributed by atoms with Gasteiger partial charge in [0.25, 0.3) is 0 Å². The van der Waals surface area contributed by atoms with Crippen LogP contribution < -0.4 is 0 Å². The summed E-state index contributed by atoms with van der Waals surface area (Å²) in [5, 5.41) is 8.52. The molecule has 0 saturated carbocycles. The third-order valence-electron chi connectivity index (χ3n) is 16.0. The van der Waals surface area contributed by atoms with E-state index < -0.39 is 0 Å². The lowest BCUT2D eigenvalue weighted by atomic mass is 9.99. The van der Waals surface area contributed by atoms with E-state index in [1.54, 1.807) is 0 Å². The third kappa shape index (κ3) is 6.78. The van der Waals surface area contributed by atoms with Gasteiger partial charge in [0.2, 0.25) is 0 Å². The van der Waals surface area contributed by atoms with Gasteiger partial charge in [-0.15, -0.1) is 0 Å². The van der Waals surface area contributed by atoms with Crippen molar-refractivity contribution in [3.8, 4) is 68.3 Å². The number of benzene rings is 7. The maximum Gasteiger partial charge on any atom is 0.165 e. The van der Waals surface area contributed by atoms with Gasteiger partial charge in [0.05, 0.1) is 68.9 Å². The van der Waals surface area contributed by atoms with E-state index in [9.17, 15) is 0 Å². The van der Waals surface area contributed by atoms with E-state index in [0.717, 1.165) is 126 Å². The topological polar surface area (TPSA) is 123 Å². The van der Waals surface area contributed by atoms with Crippen molar-refractivity contribution in [1.29, 1.82) is 0 Å². The van der Waals surface area contributed by atoms with Crippen molar-refractivity contribution in [2.24, 2.45) is 0 Å². The number of pyridine rings is 5. The molecule has 10 heterocycles. The highest BCUT2D eigenvalue weighted by Crippen LogP contribution is 2.49. The summed E-state index contributed by atoms with van der Waals surface area (Å²) in [6.07, 6.45) is 15.4. The van der Waals surface area contributed by atoms with Crippen LogP contribution in [0.1, 0.15) is 0 Å². The Morgan fingerprint density at radius 2 is 0.500 bits per heavy atom. The van der Waals surface area contributed by atoms with E-state index in [1.807, 2.05) is 110 Å². The minimum Gasteiger partial charge on any atom is -0.304 e. The van der Waals surface area contributed by atoms with Crippen LogP contribution in [0, 0.1) is 0 Å². The summed E-state index contributed by atoms with van der Waals surface area (Å²) < 4.78 is 9.35. The zero-order valence-electron chi connectivity index (χ0n) is 43.6. The molecule has 17 rings (SSSR count). The highest BCUT2D eigenvalue weighted by molar-refractivity contribution is 6.15. The molecule has 0 spiro atoms. The number of hydrogen-bond donors (Lipinski definition) is 0. The van der Waals surface area contributed by atoms with Gasteiger partial charge >= 0.3 is 0 Å². The zero-order chi connectivity index (χ0) is 53.8. The Kier molecular flexibility index (Phi) is 10.0. The molecule has 10 aromatic heterocycles. The Labute approximate surface area is 467 Å². The molecule has 0 aliphatic carbocycles. The normalized spacial score (nSPS) is 11.9. The molecule has 17 aromatic rings. The quantitative estimate of drug-likeness (QED) is 0.147. The van der Waals surface area contributed by atoms with E-state index in [1.165, 1.54) is 0 Å². The van der Waals surface area contributed by atoms with Gasteiger partial charge in [-0.05, 0) is 54.1 Å². The van der Waals surface area contributed by atoms with Crippen molar-refractivity contribution in [2.45, 2.75) is 0 Å². The van der Waals surface area contributed by atoms with Gasteiger partial charge in [0, 0.05) is 90.1 Å². The SMILES string of the molecule is c1ccc(-c2nc(-c3ccccc3)nc(-c3ccc(-c4c(-n5c6ccccc6c6ccncc65)c(-n5c6ccccc6c6ccncc65)nc(-n5c6ccccc6c6ccncc65)c4-n4c5ccccc5c5ccncc54)cc3)n2)cc1. The lowest BCUT2D eigenvalue weighted by Crippen LogP contribution is -2.16. The van der Waals surface area contributed by atoms with Crippen LogP contribution in [0.5, 0.6) is 0 Å². The van der Waals surface area contributed by atoms with Crippen LogP contribution in [0.25, 0.3) is 156 Å². The van der Waals surface area contributed by atoms with Crippen LogP contribution in [0.4, 0.5) is 0 Å². The number of aromatic nitrogens is 12. The van der Waals surface area contributed by atoms with E-state index in [0.29, 0.717) is 29.1 Å². The number of hydrogen-bond acceptors (Lipinski definition) is 8. The minimum atomic E-state index is 0.549. The highest BCUT2D eigenvalue weighted by atomic mass is 15.2. The summed E-state index contributed by atoms with van der Waals surface area (Å²) in [6, 6.07) is 71.6. The van der Waals surface area contributed by atoms with E-state index in [4.69, 9.17) is 39.9 Å². The van der Waals surface area contributed by atoms with Gasteiger partial charge in [0.15, 0.2) is 29.1 Å². The Morgan fingerprint density at radius 1 is 0.220 bits per heavy atom. The molecule has 0 saturated heterocycles. The number of fused-ring (bicyclic) bond motifs is 12. The van der Waals surface area contributed by atoms with Gasteiger partial charge in [-0.2, -0.15) is 0 Å². The summed E-state index contributed by atoms with van der Waals surface area (Å²) in [7, 11) is 0. The minimum absolute atomic E-state index is 0.549. The predicted octanol–water partition coefficient (Wildman–Crippen LogP) is 15.9. The van der Waals surface area contributed by atoms with Crippen LogP contribution in [0.3, 0.4) is 0 Å². The molecule has 382 valence electrons. The lowest BCUT2D eigenvalue weighted by molar-refractivity contribution is 0.958. The molecule has 0 atom stereocenters. The zero-order valence-corrected chi connectivity index (χ0v) is 43.6. The molecule has 0 aliphatic heterocycles. The number of rotatable bonds is 8. The molecule has 0 unspecified atom stereocenters. The molecule has 0 bridgehead atoms. The maximum atomic E-state index is 6.29. The Bertz CT molecular complexity index is 4890. The Hall–Kier alpha value is -11.5. The smallest absolute Gasteiger partial charge is 0.165 e. The fourth-order valence-corrected chi connectivity index (χ4v) is 12.5. The van der Waals surface area contributed by atoms with Gasteiger partial charge in [-0.25, -0.2) is 19.9 Å².